The van der Waals surface area contributed by atoms with Crippen LogP contribution in [0.15, 0.2) is 0 Å². The highest BCUT2D eigenvalue weighted by atomic mass is 16.4. The van der Waals surface area contributed by atoms with E-state index in [0.29, 0.717) is 6.42 Å². The van der Waals surface area contributed by atoms with Gasteiger partial charge in [0, 0.05) is 18.6 Å². The predicted molar refractivity (Wildman–Crippen MR) is 60.4 cm³/mol. The zero-order valence-corrected chi connectivity index (χ0v) is 9.76. The zero-order chi connectivity index (χ0) is 12.0. The summed E-state index contributed by atoms with van der Waals surface area (Å²) in [6.45, 7) is 1.66. The van der Waals surface area contributed by atoms with Crippen molar-refractivity contribution in [3.63, 3.8) is 0 Å². The molecule has 3 aliphatic heterocycles. The second-order valence-electron chi connectivity index (χ2n) is 5.41. The van der Waals surface area contributed by atoms with Gasteiger partial charge in [-0.1, -0.05) is 0 Å². The van der Waals surface area contributed by atoms with Gasteiger partial charge in [0.05, 0.1) is 11.8 Å². The van der Waals surface area contributed by atoms with E-state index in [4.69, 9.17) is 5.11 Å². The number of aliphatic carboxylic acids is 1. The summed E-state index contributed by atoms with van der Waals surface area (Å²) >= 11 is 0. The number of carboxylic acids is 1. The van der Waals surface area contributed by atoms with Crippen molar-refractivity contribution in [2.75, 3.05) is 13.1 Å². The van der Waals surface area contributed by atoms with Gasteiger partial charge in [-0.15, -0.1) is 0 Å². The van der Waals surface area contributed by atoms with Crippen LogP contribution in [0.2, 0.25) is 0 Å². The molecule has 17 heavy (non-hydrogen) atoms. The molecular weight excluding hydrogens is 220 g/mol. The van der Waals surface area contributed by atoms with Crippen LogP contribution < -0.4 is 5.32 Å². The molecule has 1 amide bonds. The molecule has 2 bridgehead atoms. The Kier molecular flexibility index (Phi) is 2.58. The highest BCUT2D eigenvalue weighted by Gasteiger charge is 2.52. The van der Waals surface area contributed by atoms with Crippen LogP contribution in [0.1, 0.15) is 25.7 Å². The molecule has 3 heterocycles. The number of carboxylic acid groups (broad SMARTS) is 1. The summed E-state index contributed by atoms with van der Waals surface area (Å²) in [5, 5.41) is 12.3. The molecule has 3 saturated heterocycles. The number of hydrogen-bond donors (Lipinski definition) is 2. The van der Waals surface area contributed by atoms with Crippen molar-refractivity contribution in [2.45, 2.75) is 37.8 Å². The highest BCUT2D eigenvalue weighted by molar-refractivity contribution is 5.83. The van der Waals surface area contributed by atoms with E-state index in [1.807, 2.05) is 4.90 Å². The molecule has 0 radical (unpaired) electrons. The molecule has 4 unspecified atom stereocenters. The molecular formula is C12H18N2O3. The molecule has 3 rings (SSSR count). The van der Waals surface area contributed by atoms with Crippen LogP contribution in [0.3, 0.4) is 0 Å². The van der Waals surface area contributed by atoms with Crippen LogP contribution in [0, 0.1) is 11.8 Å². The lowest BCUT2D eigenvalue weighted by Crippen LogP contribution is -2.42. The van der Waals surface area contributed by atoms with E-state index in [2.05, 4.69) is 5.32 Å². The minimum Gasteiger partial charge on any atom is -0.481 e. The van der Waals surface area contributed by atoms with Gasteiger partial charge in [-0.3, -0.25) is 9.59 Å². The van der Waals surface area contributed by atoms with Gasteiger partial charge in [-0.2, -0.15) is 0 Å². The summed E-state index contributed by atoms with van der Waals surface area (Å²) in [5.41, 5.74) is 0. The maximum atomic E-state index is 12.4. The fourth-order valence-electron chi connectivity index (χ4n) is 3.67. The Hall–Kier alpha value is -1.10. The first kappa shape index (κ1) is 11.0. The Morgan fingerprint density at radius 3 is 2.65 bits per heavy atom. The van der Waals surface area contributed by atoms with Gasteiger partial charge in [0.2, 0.25) is 5.91 Å². The maximum absolute atomic E-state index is 12.4. The van der Waals surface area contributed by atoms with E-state index in [1.54, 1.807) is 0 Å². The molecule has 0 aliphatic carbocycles. The van der Waals surface area contributed by atoms with Gasteiger partial charge in [0.15, 0.2) is 0 Å². The summed E-state index contributed by atoms with van der Waals surface area (Å²) in [7, 11) is 0. The number of amides is 1. The molecule has 3 aliphatic rings. The first-order chi connectivity index (χ1) is 8.18. The van der Waals surface area contributed by atoms with Crippen LogP contribution in [0.5, 0.6) is 0 Å². The third-order valence-corrected chi connectivity index (χ3v) is 4.52. The van der Waals surface area contributed by atoms with Crippen LogP contribution in [-0.4, -0.2) is 47.1 Å². The standard InChI is InChI=1S/C12H18N2O3/c15-11(7-3-4-13-6-7)14-8-1-2-10(14)9(5-8)12(16)17/h7-10,13H,1-6H2,(H,16,17). The lowest BCUT2D eigenvalue weighted by atomic mass is 9.89. The van der Waals surface area contributed by atoms with E-state index in [0.717, 1.165) is 32.4 Å². The maximum Gasteiger partial charge on any atom is 0.308 e. The Labute approximate surface area is 100 Å². The second kappa shape index (κ2) is 3.98. The number of nitrogens with zero attached hydrogens (tertiary/aromatic N) is 1. The van der Waals surface area contributed by atoms with Gasteiger partial charge in [-0.05, 0) is 32.2 Å². The number of nitrogens with one attached hydrogen (secondary N) is 1. The van der Waals surface area contributed by atoms with Gasteiger partial charge in [-0.25, -0.2) is 0 Å². The lowest BCUT2D eigenvalue weighted by molar-refractivity contribution is -0.143. The van der Waals surface area contributed by atoms with Gasteiger partial charge < -0.3 is 15.3 Å². The number of carbonyl (C=O) groups is 2. The molecule has 4 atom stereocenters. The first-order valence-corrected chi connectivity index (χ1v) is 6.44. The summed E-state index contributed by atoms with van der Waals surface area (Å²) in [6, 6.07) is 0.153. The smallest absolute Gasteiger partial charge is 0.308 e. The molecule has 94 valence electrons. The monoisotopic (exact) mass is 238 g/mol. The predicted octanol–water partition coefficient (Wildman–Crippen LogP) is 0.0600. The summed E-state index contributed by atoms with van der Waals surface area (Å²) < 4.78 is 0. The molecule has 0 aromatic rings. The number of fused-ring (bicyclic) bond motifs is 2. The normalized spacial score (nSPS) is 39.9. The van der Waals surface area contributed by atoms with Crippen LogP contribution in [0.25, 0.3) is 0 Å². The highest BCUT2D eigenvalue weighted by Crippen LogP contribution is 2.42. The van der Waals surface area contributed by atoms with Crippen LogP contribution in [-0.2, 0) is 9.59 Å². The Balaban J connectivity index is 1.76. The van der Waals surface area contributed by atoms with Crippen molar-refractivity contribution in [1.29, 1.82) is 0 Å². The molecule has 0 aromatic heterocycles. The fourth-order valence-corrected chi connectivity index (χ4v) is 3.67. The van der Waals surface area contributed by atoms with E-state index in [9.17, 15) is 9.59 Å². The van der Waals surface area contributed by atoms with E-state index < -0.39 is 5.97 Å². The van der Waals surface area contributed by atoms with Crippen molar-refractivity contribution in [3.05, 3.63) is 0 Å². The van der Waals surface area contributed by atoms with Gasteiger partial charge in [0.1, 0.15) is 0 Å². The van der Waals surface area contributed by atoms with Gasteiger partial charge in [0.25, 0.3) is 0 Å². The minimum atomic E-state index is -0.737. The zero-order valence-electron chi connectivity index (χ0n) is 9.76. The van der Waals surface area contributed by atoms with E-state index >= 15 is 0 Å². The molecule has 3 fully saturated rings. The molecule has 5 nitrogen and oxygen atoms in total. The first-order valence-electron chi connectivity index (χ1n) is 6.44. The van der Waals surface area contributed by atoms with Crippen LogP contribution in [0.4, 0.5) is 0 Å². The Bertz CT molecular complexity index is 352. The molecule has 0 spiro atoms. The molecule has 0 saturated carbocycles. The van der Waals surface area contributed by atoms with Crippen molar-refractivity contribution in [3.8, 4) is 0 Å². The quantitative estimate of drug-likeness (QED) is 0.713. The van der Waals surface area contributed by atoms with Crippen molar-refractivity contribution < 1.29 is 14.7 Å². The summed E-state index contributed by atoms with van der Waals surface area (Å²) in [6.07, 6.45) is 3.41. The molecule has 2 N–H and O–H groups in total. The number of rotatable bonds is 2. The summed E-state index contributed by atoms with van der Waals surface area (Å²) in [4.78, 5) is 25.4. The number of hydrogen-bond acceptors (Lipinski definition) is 3. The topological polar surface area (TPSA) is 69.6 Å². The molecule has 5 heteroatoms. The Morgan fingerprint density at radius 1 is 1.24 bits per heavy atom. The Morgan fingerprint density at radius 2 is 2.06 bits per heavy atom. The summed E-state index contributed by atoms with van der Waals surface area (Å²) in [5.74, 6) is -0.802. The lowest BCUT2D eigenvalue weighted by Gasteiger charge is -2.25. The van der Waals surface area contributed by atoms with Crippen LogP contribution >= 0.6 is 0 Å². The number of carbonyl (C=O) groups excluding carboxylic acids is 1. The van der Waals surface area contributed by atoms with Crippen molar-refractivity contribution in [1.82, 2.24) is 10.2 Å². The van der Waals surface area contributed by atoms with Gasteiger partial charge >= 0.3 is 5.97 Å². The average molecular weight is 238 g/mol. The third-order valence-electron chi connectivity index (χ3n) is 4.52. The average Bonchev–Trinajstić information content (AvgIpc) is 3.03. The van der Waals surface area contributed by atoms with Crippen molar-refractivity contribution in [2.24, 2.45) is 11.8 Å². The second-order valence-corrected chi connectivity index (χ2v) is 5.41. The fraction of sp³-hybridized carbons (Fsp3) is 0.833. The minimum absolute atomic E-state index is 0.0365. The van der Waals surface area contributed by atoms with E-state index in [-0.39, 0.29) is 29.8 Å². The van der Waals surface area contributed by atoms with Crippen molar-refractivity contribution >= 4 is 11.9 Å². The molecule has 0 aromatic carbocycles. The largest absolute Gasteiger partial charge is 0.481 e. The van der Waals surface area contributed by atoms with E-state index in [1.165, 1.54) is 0 Å². The SMILES string of the molecule is O=C(O)C1CC2CCC1N2C(=O)C1CCNC1. The third kappa shape index (κ3) is 1.64.